The zero-order valence-corrected chi connectivity index (χ0v) is 4.19. The van der Waals surface area contributed by atoms with Gasteiger partial charge in [0.25, 0.3) is 0 Å². The highest BCUT2D eigenvalue weighted by Gasteiger charge is 1.86. The molecule has 0 heterocycles. The van der Waals surface area contributed by atoms with Gasteiger partial charge >= 0.3 is 0 Å². The number of hydrogen-bond donors (Lipinski definition) is 3. The molecule has 0 aliphatic rings. The molecule has 4 N–H and O–H groups in total. The van der Waals surface area contributed by atoms with Gasteiger partial charge in [-0.15, -0.1) is 0 Å². The van der Waals surface area contributed by atoms with Gasteiger partial charge in [0.1, 0.15) is 0 Å². The minimum Gasteiger partial charge on any atom is -0.393 e. The molecule has 0 aromatic rings. The second-order valence-electron chi connectivity index (χ2n) is 0.933. The van der Waals surface area contributed by atoms with Crippen molar-refractivity contribution < 1.29 is 4.84 Å². The molecule has 0 rings (SSSR count). The summed E-state index contributed by atoms with van der Waals surface area (Å²) in [5.41, 5.74) is 7.28. The quantitative estimate of drug-likeness (QED) is 0.240. The van der Waals surface area contributed by atoms with Gasteiger partial charge in [0, 0.05) is 7.05 Å². The number of nitrogens with one attached hydrogen (secondary N) is 2. The zero-order chi connectivity index (χ0) is 5.70. The third-order valence-electron chi connectivity index (χ3n) is 0.411. The van der Waals surface area contributed by atoms with Crippen LogP contribution >= 0.6 is 0 Å². The topological polar surface area (TPSA) is 71.1 Å². The standard InChI is InChI=1S/C3H9N3O/c1-6-7-3(5)2-4/h5-6H,2,4H2,1H3. The maximum Gasteiger partial charge on any atom is 0.220 e. The van der Waals surface area contributed by atoms with E-state index < -0.39 is 0 Å². The van der Waals surface area contributed by atoms with Crippen molar-refractivity contribution in [1.29, 1.82) is 5.41 Å². The lowest BCUT2D eigenvalue weighted by molar-refractivity contribution is 0.202. The summed E-state index contributed by atoms with van der Waals surface area (Å²) >= 11 is 0. The Morgan fingerprint density at radius 3 is 2.71 bits per heavy atom. The fourth-order valence-electron chi connectivity index (χ4n) is 0.165. The van der Waals surface area contributed by atoms with Crippen molar-refractivity contribution in [2.24, 2.45) is 5.73 Å². The lowest BCUT2D eigenvalue weighted by Crippen LogP contribution is -2.21. The molecule has 0 aliphatic heterocycles. The summed E-state index contributed by atoms with van der Waals surface area (Å²) < 4.78 is 0. The van der Waals surface area contributed by atoms with Crippen molar-refractivity contribution in [2.45, 2.75) is 0 Å². The second-order valence-corrected chi connectivity index (χ2v) is 0.933. The molecule has 0 saturated carbocycles. The molecule has 0 bridgehead atoms. The van der Waals surface area contributed by atoms with E-state index in [0.29, 0.717) is 0 Å². The summed E-state index contributed by atoms with van der Waals surface area (Å²) in [7, 11) is 1.57. The first-order chi connectivity index (χ1) is 3.31. The molecule has 0 aliphatic carbocycles. The normalized spacial score (nSPS) is 8.29. The minimum absolute atomic E-state index is 0.0440. The van der Waals surface area contributed by atoms with Crippen LogP contribution in [0.2, 0.25) is 0 Å². The molecule has 42 valence electrons. The first-order valence-corrected chi connectivity index (χ1v) is 1.92. The fourth-order valence-corrected chi connectivity index (χ4v) is 0.165. The van der Waals surface area contributed by atoms with Crippen LogP contribution in [0.15, 0.2) is 0 Å². The van der Waals surface area contributed by atoms with Crippen LogP contribution in [0, 0.1) is 5.41 Å². The van der Waals surface area contributed by atoms with Gasteiger partial charge in [0.15, 0.2) is 0 Å². The summed E-state index contributed by atoms with van der Waals surface area (Å²) in [5, 5.41) is 6.73. The smallest absolute Gasteiger partial charge is 0.220 e. The van der Waals surface area contributed by atoms with Crippen molar-refractivity contribution >= 4 is 5.90 Å². The van der Waals surface area contributed by atoms with Crippen LogP contribution in [0.5, 0.6) is 0 Å². The van der Waals surface area contributed by atoms with Crippen molar-refractivity contribution in [3.63, 3.8) is 0 Å². The molecular formula is C3H9N3O. The van der Waals surface area contributed by atoms with Crippen LogP contribution in [0.25, 0.3) is 0 Å². The minimum atomic E-state index is 0.0440. The largest absolute Gasteiger partial charge is 0.393 e. The molecule has 0 aromatic carbocycles. The van der Waals surface area contributed by atoms with E-state index in [9.17, 15) is 0 Å². The molecule has 0 amide bonds. The summed E-state index contributed by atoms with van der Waals surface area (Å²) in [6.45, 7) is 0.140. The number of hydrogen-bond acceptors (Lipinski definition) is 4. The summed E-state index contributed by atoms with van der Waals surface area (Å²) in [6.07, 6.45) is 0. The van der Waals surface area contributed by atoms with E-state index in [-0.39, 0.29) is 12.4 Å². The second kappa shape index (κ2) is 3.58. The van der Waals surface area contributed by atoms with E-state index in [2.05, 4.69) is 10.3 Å². The summed E-state index contributed by atoms with van der Waals surface area (Å²) in [6, 6.07) is 0. The highest BCUT2D eigenvalue weighted by atomic mass is 16.6. The van der Waals surface area contributed by atoms with Crippen molar-refractivity contribution in [1.82, 2.24) is 5.48 Å². The van der Waals surface area contributed by atoms with Crippen LogP contribution in [-0.4, -0.2) is 19.5 Å². The average molecular weight is 103 g/mol. The van der Waals surface area contributed by atoms with Crippen LogP contribution < -0.4 is 11.2 Å². The maximum atomic E-state index is 6.73. The number of nitrogens with two attached hydrogens (primary N) is 1. The Bertz CT molecular complexity index is 63.2. The van der Waals surface area contributed by atoms with Crippen molar-refractivity contribution in [2.75, 3.05) is 13.6 Å². The van der Waals surface area contributed by atoms with E-state index in [4.69, 9.17) is 11.1 Å². The molecule has 0 unspecified atom stereocenters. The van der Waals surface area contributed by atoms with Gasteiger partial charge in [-0.25, -0.2) is 0 Å². The Morgan fingerprint density at radius 2 is 2.57 bits per heavy atom. The predicted octanol–water partition coefficient (Wildman–Crippen LogP) is -0.927. The van der Waals surface area contributed by atoms with E-state index in [1.165, 1.54) is 0 Å². The van der Waals surface area contributed by atoms with Crippen LogP contribution in [0.3, 0.4) is 0 Å². The molecule has 0 atom stereocenters. The monoisotopic (exact) mass is 103 g/mol. The van der Waals surface area contributed by atoms with Crippen LogP contribution in [-0.2, 0) is 4.84 Å². The van der Waals surface area contributed by atoms with E-state index in [1.807, 2.05) is 0 Å². The Labute approximate surface area is 42.1 Å². The fraction of sp³-hybridized carbons (Fsp3) is 0.667. The van der Waals surface area contributed by atoms with Crippen LogP contribution in [0.1, 0.15) is 0 Å². The maximum absolute atomic E-state index is 6.73. The first kappa shape index (κ1) is 6.39. The molecule has 7 heavy (non-hydrogen) atoms. The molecule has 0 radical (unpaired) electrons. The lowest BCUT2D eigenvalue weighted by Gasteiger charge is -1.98. The van der Waals surface area contributed by atoms with Gasteiger partial charge in [-0.05, 0) is 0 Å². The molecule has 4 heteroatoms. The van der Waals surface area contributed by atoms with E-state index in [1.54, 1.807) is 7.05 Å². The molecule has 0 fully saturated rings. The van der Waals surface area contributed by atoms with Gasteiger partial charge in [0.2, 0.25) is 5.90 Å². The highest BCUT2D eigenvalue weighted by Crippen LogP contribution is 1.63. The van der Waals surface area contributed by atoms with E-state index >= 15 is 0 Å². The third-order valence-corrected chi connectivity index (χ3v) is 0.411. The number of hydroxylamine groups is 1. The van der Waals surface area contributed by atoms with Gasteiger partial charge in [-0.3, -0.25) is 5.41 Å². The summed E-state index contributed by atoms with van der Waals surface area (Å²) in [4.78, 5) is 4.40. The molecular weight excluding hydrogens is 94.1 g/mol. The SMILES string of the molecule is CNOC(=N)CN. The molecule has 0 aromatic heterocycles. The van der Waals surface area contributed by atoms with Crippen LogP contribution in [0.4, 0.5) is 0 Å². The lowest BCUT2D eigenvalue weighted by atomic mass is 10.7. The molecule has 0 spiro atoms. The van der Waals surface area contributed by atoms with Gasteiger partial charge < -0.3 is 10.6 Å². The van der Waals surface area contributed by atoms with Gasteiger partial charge in [-0.1, -0.05) is 0 Å². The Balaban J connectivity index is 3.00. The highest BCUT2D eigenvalue weighted by molar-refractivity contribution is 5.74. The first-order valence-electron chi connectivity index (χ1n) is 1.92. The Kier molecular flexibility index (Phi) is 3.26. The van der Waals surface area contributed by atoms with Gasteiger partial charge in [-0.2, -0.15) is 5.48 Å². The van der Waals surface area contributed by atoms with E-state index in [0.717, 1.165) is 0 Å². The third kappa shape index (κ3) is 3.21. The summed E-state index contributed by atoms with van der Waals surface area (Å²) in [5.74, 6) is 0.0440. The predicted molar refractivity (Wildman–Crippen MR) is 26.9 cm³/mol. The molecule has 0 saturated heterocycles. The Hall–Kier alpha value is -0.610. The molecule has 4 nitrogen and oxygen atoms in total. The van der Waals surface area contributed by atoms with Crippen molar-refractivity contribution in [3.8, 4) is 0 Å². The van der Waals surface area contributed by atoms with Gasteiger partial charge in [0.05, 0.1) is 6.54 Å². The zero-order valence-electron chi connectivity index (χ0n) is 4.19. The average Bonchev–Trinajstić information content (AvgIpc) is 1.68. The Morgan fingerprint density at radius 1 is 2.00 bits per heavy atom. The number of rotatable bonds is 2. The van der Waals surface area contributed by atoms with Crippen molar-refractivity contribution in [3.05, 3.63) is 0 Å².